The minimum atomic E-state index is 0.0207. The lowest BCUT2D eigenvalue weighted by Gasteiger charge is -2.18. The zero-order valence-electron chi connectivity index (χ0n) is 11.4. The lowest BCUT2D eigenvalue weighted by molar-refractivity contribution is 0.103. The molecule has 0 radical (unpaired) electrons. The maximum atomic E-state index is 9.04. The molecule has 0 saturated heterocycles. The van der Waals surface area contributed by atoms with Crippen LogP contribution in [0, 0.1) is 17.2 Å². The highest BCUT2D eigenvalue weighted by Gasteiger charge is 2.24. The van der Waals surface area contributed by atoms with Gasteiger partial charge in [-0.2, -0.15) is 5.26 Å². The Morgan fingerprint density at radius 2 is 2.11 bits per heavy atom. The summed E-state index contributed by atoms with van der Waals surface area (Å²) < 4.78 is 5.61. The highest BCUT2D eigenvalue weighted by Crippen LogP contribution is 2.28. The minimum Gasteiger partial charge on any atom is -0.380 e. The van der Waals surface area contributed by atoms with Crippen molar-refractivity contribution >= 4 is 0 Å². The molecule has 1 unspecified atom stereocenters. The predicted octanol–water partition coefficient (Wildman–Crippen LogP) is 1.38. The van der Waals surface area contributed by atoms with Crippen LogP contribution in [0.5, 0.6) is 0 Å². The van der Waals surface area contributed by atoms with Crippen molar-refractivity contribution in [1.29, 1.82) is 5.26 Å². The number of rotatable bonds is 10. The highest BCUT2D eigenvalue weighted by molar-refractivity contribution is 4.95. The van der Waals surface area contributed by atoms with Crippen molar-refractivity contribution in [3.8, 4) is 6.07 Å². The maximum Gasteiger partial charge on any atom is 0.0967 e. The van der Waals surface area contributed by atoms with E-state index in [0.29, 0.717) is 6.04 Å². The number of nitrogens with one attached hydrogen (secondary N) is 1. The molecule has 0 aromatic carbocycles. The molecule has 0 aromatic heterocycles. The summed E-state index contributed by atoms with van der Waals surface area (Å²) in [5.41, 5.74) is 0. The van der Waals surface area contributed by atoms with Crippen LogP contribution in [-0.4, -0.2) is 50.3 Å². The molecule has 0 aliphatic heterocycles. The maximum absolute atomic E-state index is 9.04. The van der Waals surface area contributed by atoms with E-state index in [9.17, 15) is 0 Å². The quantitative estimate of drug-likeness (QED) is 0.596. The van der Waals surface area contributed by atoms with E-state index in [1.165, 1.54) is 25.7 Å². The predicted molar refractivity (Wildman–Crippen MR) is 71.2 cm³/mol. The summed E-state index contributed by atoms with van der Waals surface area (Å²) in [4.78, 5) is 2.26. The Hall–Kier alpha value is -0.630. The fourth-order valence-electron chi connectivity index (χ4n) is 1.94. The molecular weight excluding hydrogens is 226 g/mol. The molecule has 4 nitrogen and oxygen atoms in total. The van der Waals surface area contributed by atoms with Crippen LogP contribution in [0.1, 0.15) is 32.1 Å². The van der Waals surface area contributed by atoms with Gasteiger partial charge in [-0.15, -0.1) is 0 Å². The first-order chi connectivity index (χ1) is 8.78. The molecule has 0 spiro atoms. The number of nitriles is 1. The van der Waals surface area contributed by atoms with Gasteiger partial charge in [0.25, 0.3) is 0 Å². The molecule has 0 bridgehead atoms. The number of hydrogen-bond acceptors (Lipinski definition) is 4. The van der Waals surface area contributed by atoms with Crippen LogP contribution in [-0.2, 0) is 4.74 Å². The SMILES string of the molecule is CN(CCOCC1CC1)CCC(C#N)NC1CC1. The van der Waals surface area contributed by atoms with Crippen molar-refractivity contribution in [1.82, 2.24) is 10.2 Å². The molecule has 2 aliphatic carbocycles. The van der Waals surface area contributed by atoms with Crippen molar-refractivity contribution in [2.45, 2.75) is 44.2 Å². The average Bonchev–Trinajstić information content (AvgIpc) is 3.25. The zero-order valence-corrected chi connectivity index (χ0v) is 11.4. The molecule has 4 heteroatoms. The molecule has 0 heterocycles. The molecule has 2 saturated carbocycles. The van der Waals surface area contributed by atoms with Crippen molar-refractivity contribution < 1.29 is 4.74 Å². The van der Waals surface area contributed by atoms with Crippen LogP contribution in [0.3, 0.4) is 0 Å². The first-order valence-electron chi connectivity index (χ1n) is 7.20. The van der Waals surface area contributed by atoms with E-state index in [0.717, 1.165) is 38.6 Å². The second-order valence-electron chi connectivity index (χ2n) is 5.73. The number of likely N-dealkylation sites (N-methyl/N-ethyl adjacent to an activating group) is 1. The molecular formula is C14H25N3O. The summed E-state index contributed by atoms with van der Waals surface area (Å²) in [7, 11) is 2.10. The van der Waals surface area contributed by atoms with Crippen LogP contribution >= 0.6 is 0 Å². The van der Waals surface area contributed by atoms with Crippen LogP contribution in [0.25, 0.3) is 0 Å². The van der Waals surface area contributed by atoms with Crippen molar-refractivity contribution in [2.24, 2.45) is 5.92 Å². The van der Waals surface area contributed by atoms with Crippen molar-refractivity contribution in [2.75, 3.05) is 33.4 Å². The van der Waals surface area contributed by atoms with Crippen LogP contribution in [0.4, 0.5) is 0 Å². The second-order valence-corrected chi connectivity index (χ2v) is 5.73. The normalized spacial score (nSPS) is 20.9. The second kappa shape index (κ2) is 7.08. The smallest absolute Gasteiger partial charge is 0.0967 e. The summed E-state index contributed by atoms with van der Waals surface area (Å²) in [6.07, 6.45) is 6.09. The highest BCUT2D eigenvalue weighted by atomic mass is 16.5. The Morgan fingerprint density at radius 1 is 1.33 bits per heavy atom. The molecule has 2 fully saturated rings. The molecule has 1 atom stereocenters. The Kier molecular flexibility index (Phi) is 5.43. The fraction of sp³-hybridized carbons (Fsp3) is 0.929. The number of hydrogen-bond donors (Lipinski definition) is 1. The van der Waals surface area contributed by atoms with E-state index in [4.69, 9.17) is 10.00 Å². The summed E-state index contributed by atoms with van der Waals surface area (Å²) in [5.74, 6) is 0.848. The van der Waals surface area contributed by atoms with Gasteiger partial charge in [0.05, 0.1) is 18.7 Å². The first-order valence-corrected chi connectivity index (χ1v) is 7.20. The minimum absolute atomic E-state index is 0.0207. The van der Waals surface area contributed by atoms with Gasteiger partial charge in [-0.3, -0.25) is 5.32 Å². The Balaban J connectivity index is 1.46. The Bertz CT molecular complexity index is 281. The summed E-state index contributed by atoms with van der Waals surface area (Å²) in [6.45, 7) is 3.69. The van der Waals surface area contributed by atoms with E-state index in [-0.39, 0.29) is 6.04 Å². The van der Waals surface area contributed by atoms with Gasteiger partial charge in [0.15, 0.2) is 0 Å². The third-order valence-corrected chi connectivity index (χ3v) is 3.64. The zero-order chi connectivity index (χ0) is 12.8. The summed E-state index contributed by atoms with van der Waals surface area (Å²) in [5, 5.41) is 12.4. The first kappa shape index (κ1) is 13.8. The van der Waals surface area contributed by atoms with Gasteiger partial charge in [-0.25, -0.2) is 0 Å². The van der Waals surface area contributed by atoms with Gasteiger partial charge in [-0.05, 0) is 45.1 Å². The van der Waals surface area contributed by atoms with Crippen molar-refractivity contribution in [3.05, 3.63) is 0 Å². The molecule has 0 amide bonds. The van der Waals surface area contributed by atoms with E-state index < -0.39 is 0 Å². The van der Waals surface area contributed by atoms with E-state index >= 15 is 0 Å². The van der Waals surface area contributed by atoms with Crippen LogP contribution < -0.4 is 5.32 Å². The van der Waals surface area contributed by atoms with Gasteiger partial charge >= 0.3 is 0 Å². The molecule has 2 rings (SSSR count). The molecule has 2 aliphatic rings. The Labute approximate surface area is 110 Å². The largest absolute Gasteiger partial charge is 0.380 e. The van der Waals surface area contributed by atoms with E-state index in [2.05, 4.69) is 23.3 Å². The van der Waals surface area contributed by atoms with Gasteiger partial charge in [0.2, 0.25) is 0 Å². The summed E-state index contributed by atoms with van der Waals surface area (Å²) in [6, 6.07) is 2.98. The molecule has 0 aromatic rings. The van der Waals surface area contributed by atoms with E-state index in [1.54, 1.807) is 0 Å². The van der Waals surface area contributed by atoms with Crippen LogP contribution in [0.15, 0.2) is 0 Å². The topological polar surface area (TPSA) is 48.3 Å². The van der Waals surface area contributed by atoms with Crippen LogP contribution in [0.2, 0.25) is 0 Å². The number of nitrogens with zero attached hydrogens (tertiary/aromatic N) is 2. The van der Waals surface area contributed by atoms with Gasteiger partial charge < -0.3 is 9.64 Å². The van der Waals surface area contributed by atoms with Crippen molar-refractivity contribution in [3.63, 3.8) is 0 Å². The monoisotopic (exact) mass is 251 g/mol. The summed E-state index contributed by atoms with van der Waals surface area (Å²) >= 11 is 0. The third-order valence-electron chi connectivity index (χ3n) is 3.64. The standard InChI is InChI=1S/C14H25N3O/c1-17(8-9-18-11-12-2-3-12)7-6-14(10-15)16-13-4-5-13/h12-14,16H,2-9,11H2,1H3. The van der Waals surface area contributed by atoms with Gasteiger partial charge in [-0.1, -0.05) is 0 Å². The fourth-order valence-corrected chi connectivity index (χ4v) is 1.94. The molecule has 18 heavy (non-hydrogen) atoms. The third kappa shape index (κ3) is 5.81. The van der Waals surface area contributed by atoms with Gasteiger partial charge in [0, 0.05) is 25.7 Å². The molecule has 1 N–H and O–H groups in total. The lowest BCUT2D eigenvalue weighted by atomic mass is 10.2. The van der Waals surface area contributed by atoms with Gasteiger partial charge in [0.1, 0.15) is 0 Å². The lowest BCUT2D eigenvalue weighted by Crippen LogP contribution is -2.34. The Morgan fingerprint density at radius 3 is 2.72 bits per heavy atom. The molecule has 102 valence electrons. The number of ether oxygens (including phenoxy) is 1. The van der Waals surface area contributed by atoms with E-state index in [1.807, 2.05) is 0 Å². The average molecular weight is 251 g/mol.